The van der Waals surface area contributed by atoms with Gasteiger partial charge in [-0.25, -0.2) is 0 Å². The number of nitrogens with zero attached hydrogens (tertiary/aromatic N) is 1. The lowest BCUT2D eigenvalue weighted by atomic mass is 10.1. The van der Waals surface area contributed by atoms with Crippen LogP contribution in [-0.4, -0.2) is 32.0 Å². The number of carbonyl (C=O) groups is 1. The van der Waals surface area contributed by atoms with Gasteiger partial charge in [0.15, 0.2) is 11.7 Å². The summed E-state index contributed by atoms with van der Waals surface area (Å²) >= 11 is 12.0. The molecule has 0 fully saturated rings. The highest BCUT2D eigenvalue weighted by atomic mass is 35.5. The summed E-state index contributed by atoms with van der Waals surface area (Å²) in [6, 6.07) is 7.30. The zero-order valence-corrected chi connectivity index (χ0v) is 17.1. The molecule has 0 spiro atoms. The van der Waals surface area contributed by atoms with E-state index in [-0.39, 0.29) is 11.9 Å². The van der Waals surface area contributed by atoms with Gasteiger partial charge in [-0.05, 0) is 44.0 Å². The summed E-state index contributed by atoms with van der Waals surface area (Å²) in [5, 5.41) is 10.4. The van der Waals surface area contributed by atoms with Gasteiger partial charge in [-0.15, -0.1) is 0 Å². The number of aliphatic imine (C=N–C) groups is 1. The zero-order valence-electron chi connectivity index (χ0n) is 15.6. The van der Waals surface area contributed by atoms with Crippen molar-refractivity contribution in [3.8, 4) is 0 Å². The van der Waals surface area contributed by atoms with E-state index in [1.54, 1.807) is 19.2 Å². The molecule has 1 heterocycles. The summed E-state index contributed by atoms with van der Waals surface area (Å²) in [7, 11) is 1.71. The number of guanidine groups is 1. The lowest BCUT2D eigenvalue weighted by molar-refractivity contribution is 0.0925. The van der Waals surface area contributed by atoms with E-state index in [1.807, 2.05) is 26.0 Å². The number of furan rings is 1. The van der Waals surface area contributed by atoms with Crippen molar-refractivity contribution in [3.05, 3.63) is 57.5 Å². The number of carbonyl (C=O) groups excluding carboxylic acids is 1. The van der Waals surface area contributed by atoms with E-state index in [1.165, 1.54) is 6.26 Å². The molecule has 3 N–H and O–H groups in total. The Hall–Kier alpha value is -2.18. The van der Waals surface area contributed by atoms with Gasteiger partial charge in [-0.1, -0.05) is 29.3 Å². The third-order valence-corrected chi connectivity index (χ3v) is 4.76. The van der Waals surface area contributed by atoms with Gasteiger partial charge in [-0.2, -0.15) is 0 Å². The van der Waals surface area contributed by atoms with Crippen LogP contribution in [0.5, 0.6) is 0 Å². The maximum absolute atomic E-state index is 12.0. The molecule has 1 aromatic heterocycles. The van der Waals surface area contributed by atoms with Gasteiger partial charge in [0.05, 0.1) is 22.4 Å². The largest absolute Gasteiger partial charge is 0.459 e. The number of aryl methyl sites for hydroxylation is 1. The Morgan fingerprint density at radius 2 is 1.93 bits per heavy atom. The molecule has 0 saturated heterocycles. The van der Waals surface area contributed by atoms with Crippen LogP contribution in [0.2, 0.25) is 10.0 Å². The zero-order chi connectivity index (χ0) is 19.8. The Morgan fingerprint density at radius 1 is 1.19 bits per heavy atom. The van der Waals surface area contributed by atoms with Crippen LogP contribution >= 0.6 is 23.2 Å². The minimum atomic E-state index is -0.201. The fraction of sp³-hybridized carbons (Fsp3) is 0.368. The van der Waals surface area contributed by atoms with Crippen LogP contribution in [0.4, 0.5) is 0 Å². The normalized spacial score (nSPS) is 12.6. The van der Waals surface area contributed by atoms with Crippen molar-refractivity contribution in [2.75, 3.05) is 20.1 Å². The Morgan fingerprint density at radius 3 is 2.56 bits per heavy atom. The molecule has 1 atom stereocenters. The highest BCUT2D eigenvalue weighted by Crippen LogP contribution is 2.25. The molecular weight excluding hydrogens is 387 g/mol. The topological polar surface area (TPSA) is 78.7 Å². The molecule has 0 aliphatic carbocycles. The van der Waals surface area contributed by atoms with Crippen LogP contribution in [0.3, 0.4) is 0 Å². The predicted molar refractivity (Wildman–Crippen MR) is 110 cm³/mol. The van der Waals surface area contributed by atoms with E-state index in [0.29, 0.717) is 34.9 Å². The molecule has 2 aromatic rings. The molecule has 1 aromatic carbocycles. The third kappa shape index (κ3) is 6.19. The molecule has 0 aliphatic heterocycles. The molecule has 146 valence electrons. The van der Waals surface area contributed by atoms with Gasteiger partial charge in [0.25, 0.3) is 5.91 Å². The second-order valence-corrected chi connectivity index (χ2v) is 6.90. The molecule has 0 saturated carbocycles. The number of halogens is 2. The van der Waals surface area contributed by atoms with E-state index in [4.69, 9.17) is 27.6 Å². The summed E-state index contributed by atoms with van der Waals surface area (Å²) in [6.07, 6.45) is 2.25. The van der Waals surface area contributed by atoms with E-state index in [2.05, 4.69) is 20.9 Å². The highest BCUT2D eigenvalue weighted by Gasteiger charge is 2.12. The van der Waals surface area contributed by atoms with Gasteiger partial charge >= 0.3 is 0 Å². The summed E-state index contributed by atoms with van der Waals surface area (Å²) in [5.41, 5.74) is 1.83. The fourth-order valence-electron chi connectivity index (χ4n) is 2.45. The minimum Gasteiger partial charge on any atom is -0.459 e. The van der Waals surface area contributed by atoms with Crippen LogP contribution in [0, 0.1) is 6.92 Å². The minimum absolute atomic E-state index is 0.00703. The van der Waals surface area contributed by atoms with Crippen molar-refractivity contribution >= 4 is 35.1 Å². The molecule has 0 bridgehead atoms. The molecule has 6 nitrogen and oxygen atoms in total. The van der Waals surface area contributed by atoms with Crippen LogP contribution in [-0.2, 0) is 0 Å². The monoisotopic (exact) mass is 410 g/mol. The average molecular weight is 411 g/mol. The number of rotatable bonds is 7. The van der Waals surface area contributed by atoms with Crippen LogP contribution in [0.25, 0.3) is 0 Å². The van der Waals surface area contributed by atoms with Gasteiger partial charge in [0.1, 0.15) is 0 Å². The van der Waals surface area contributed by atoms with E-state index in [0.717, 1.165) is 17.5 Å². The summed E-state index contributed by atoms with van der Waals surface area (Å²) in [5.74, 6) is 0.825. The van der Waals surface area contributed by atoms with Crippen LogP contribution < -0.4 is 16.0 Å². The van der Waals surface area contributed by atoms with Crippen molar-refractivity contribution in [1.82, 2.24) is 16.0 Å². The lowest BCUT2D eigenvalue weighted by Crippen LogP contribution is -2.40. The molecule has 27 heavy (non-hydrogen) atoms. The van der Waals surface area contributed by atoms with Crippen molar-refractivity contribution in [2.24, 2.45) is 4.99 Å². The molecule has 1 amide bonds. The lowest BCUT2D eigenvalue weighted by Gasteiger charge is -2.18. The maximum Gasteiger partial charge on any atom is 0.287 e. The van der Waals surface area contributed by atoms with Gasteiger partial charge < -0.3 is 20.4 Å². The summed E-state index contributed by atoms with van der Waals surface area (Å²) < 4.78 is 5.17. The SMILES string of the molecule is CN=C(NCCCNC(=O)c1occc1C)NC(C)c1ccc(Cl)c(Cl)c1. The Labute approximate surface area is 169 Å². The van der Waals surface area contributed by atoms with Gasteiger partial charge in [0.2, 0.25) is 0 Å². The second kappa shape index (κ2) is 10.2. The number of hydrogen-bond acceptors (Lipinski definition) is 3. The standard InChI is InChI=1S/C19H24Cl2N4O2/c1-12-7-10-27-17(12)18(26)23-8-4-9-24-19(22-3)25-13(2)14-5-6-15(20)16(21)11-14/h5-7,10-11,13H,4,8-9H2,1-3H3,(H,23,26)(H2,22,24,25). The number of hydrogen-bond donors (Lipinski definition) is 3. The third-order valence-electron chi connectivity index (χ3n) is 4.02. The van der Waals surface area contributed by atoms with Crippen molar-refractivity contribution < 1.29 is 9.21 Å². The molecule has 2 rings (SSSR count). The number of amides is 1. The number of nitrogens with one attached hydrogen (secondary N) is 3. The Kier molecular flexibility index (Phi) is 8.00. The van der Waals surface area contributed by atoms with E-state index >= 15 is 0 Å². The number of benzene rings is 1. The molecule has 0 aliphatic rings. The smallest absolute Gasteiger partial charge is 0.287 e. The molecule has 8 heteroatoms. The Balaban J connectivity index is 1.73. The second-order valence-electron chi connectivity index (χ2n) is 6.08. The van der Waals surface area contributed by atoms with E-state index < -0.39 is 0 Å². The first-order chi connectivity index (χ1) is 12.9. The highest BCUT2D eigenvalue weighted by molar-refractivity contribution is 6.42. The molecule has 1 unspecified atom stereocenters. The van der Waals surface area contributed by atoms with Gasteiger partial charge in [0, 0.05) is 25.7 Å². The van der Waals surface area contributed by atoms with Gasteiger partial charge in [-0.3, -0.25) is 9.79 Å². The maximum atomic E-state index is 12.0. The first kappa shape index (κ1) is 21.1. The first-order valence-electron chi connectivity index (χ1n) is 8.66. The Bertz CT molecular complexity index is 805. The van der Waals surface area contributed by atoms with Crippen LogP contribution in [0.1, 0.15) is 41.1 Å². The fourth-order valence-corrected chi connectivity index (χ4v) is 2.75. The summed E-state index contributed by atoms with van der Waals surface area (Å²) in [6.45, 7) is 5.04. The first-order valence-corrected chi connectivity index (χ1v) is 9.42. The molecular formula is C19H24Cl2N4O2. The molecule has 0 radical (unpaired) electrons. The van der Waals surface area contributed by atoms with Crippen LogP contribution in [0.15, 0.2) is 39.9 Å². The van der Waals surface area contributed by atoms with Crippen molar-refractivity contribution in [2.45, 2.75) is 26.3 Å². The van der Waals surface area contributed by atoms with Crippen molar-refractivity contribution in [3.63, 3.8) is 0 Å². The van der Waals surface area contributed by atoms with Crippen molar-refractivity contribution in [1.29, 1.82) is 0 Å². The summed E-state index contributed by atoms with van der Waals surface area (Å²) in [4.78, 5) is 16.2. The average Bonchev–Trinajstić information content (AvgIpc) is 3.08. The van der Waals surface area contributed by atoms with E-state index in [9.17, 15) is 4.79 Å². The quantitative estimate of drug-likeness (QED) is 0.366. The predicted octanol–water partition coefficient (Wildman–Crippen LogP) is 3.94.